The average molecular weight is 441 g/mol. The van der Waals surface area contributed by atoms with Gasteiger partial charge in [0.2, 0.25) is 0 Å². The molecule has 0 aromatic heterocycles. The van der Waals surface area contributed by atoms with Crippen LogP contribution in [0.4, 0.5) is 0 Å². The molecule has 0 saturated carbocycles. The van der Waals surface area contributed by atoms with Crippen molar-refractivity contribution in [3.05, 3.63) is 163 Å². The van der Waals surface area contributed by atoms with E-state index < -0.39 is 8.07 Å². The standard InChI is InChI=1S/C32H28Si/c1-32(27-17-7-2-8-18-27,28-19-9-3-10-20-28)33(29-21-11-4-12-22-29,30-23-13-5-14-24-30)31-25-15-6-16-26-31/h2-26H,1H3. The molecule has 0 saturated heterocycles. The van der Waals surface area contributed by atoms with Gasteiger partial charge in [0.25, 0.3) is 0 Å². The molecule has 0 unspecified atom stereocenters. The number of rotatable bonds is 6. The second-order valence-electron chi connectivity index (χ2n) is 8.71. The average Bonchev–Trinajstić information content (AvgIpc) is 2.92. The Morgan fingerprint density at radius 1 is 0.364 bits per heavy atom. The zero-order valence-corrected chi connectivity index (χ0v) is 19.9. The molecule has 0 aliphatic carbocycles. The summed E-state index contributed by atoms with van der Waals surface area (Å²) in [6, 6.07) is 55.8. The highest BCUT2D eigenvalue weighted by molar-refractivity contribution is 7.13. The van der Waals surface area contributed by atoms with Crippen LogP contribution in [0.3, 0.4) is 0 Å². The summed E-state index contributed by atoms with van der Waals surface area (Å²) in [6.07, 6.45) is 0. The van der Waals surface area contributed by atoms with Crippen molar-refractivity contribution in [1.82, 2.24) is 0 Å². The van der Waals surface area contributed by atoms with Crippen molar-refractivity contribution < 1.29 is 0 Å². The molecule has 0 heterocycles. The fourth-order valence-electron chi connectivity index (χ4n) is 5.57. The van der Waals surface area contributed by atoms with Gasteiger partial charge >= 0.3 is 0 Å². The lowest BCUT2D eigenvalue weighted by atomic mass is 9.92. The summed E-state index contributed by atoms with van der Waals surface area (Å²) in [6.45, 7) is 2.47. The molecule has 0 atom stereocenters. The van der Waals surface area contributed by atoms with Crippen LogP contribution in [0.2, 0.25) is 0 Å². The van der Waals surface area contributed by atoms with Crippen molar-refractivity contribution in [2.75, 3.05) is 0 Å². The van der Waals surface area contributed by atoms with Crippen LogP contribution in [0.1, 0.15) is 18.1 Å². The monoisotopic (exact) mass is 440 g/mol. The quantitative estimate of drug-likeness (QED) is 0.235. The zero-order chi connectivity index (χ0) is 22.6. The molecular weight excluding hydrogens is 412 g/mol. The maximum absolute atomic E-state index is 2.66. The SMILES string of the molecule is CC(c1ccccc1)(c1ccccc1)[Si](c1ccccc1)(c1ccccc1)c1ccccc1. The summed E-state index contributed by atoms with van der Waals surface area (Å²) in [5, 5.41) is 3.99. The van der Waals surface area contributed by atoms with Crippen molar-refractivity contribution in [3.63, 3.8) is 0 Å². The molecule has 0 nitrogen and oxygen atoms in total. The molecule has 5 rings (SSSR count). The lowest BCUT2D eigenvalue weighted by Crippen LogP contribution is -2.77. The van der Waals surface area contributed by atoms with Gasteiger partial charge in [-0.3, -0.25) is 0 Å². The normalized spacial score (nSPS) is 11.8. The van der Waals surface area contributed by atoms with Crippen molar-refractivity contribution >= 4 is 23.6 Å². The Morgan fingerprint density at radius 3 is 0.879 bits per heavy atom. The Hall–Kier alpha value is -3.68. The van der Waals surface area contributed by atoms with Crippen LogP contribution < -0.4 is 15.6 Å². The predicted octanol–water partition coefficient (Wildman–Crippen LogP) is 5.70. The second kappa shape index (κ2) is 9.05. The Balaban J connectivity index is 2.01. The summed E-state index contributed by atoms with van der Waals surface area (Å²) in [5.41, 5.74) is 2.69. The minimum atomic E-state index is -2.66. The summed E-state index contributed by atoms with van der Waals surface area (Å²) < 4.78 is 0. The maximum Gasteiger partial charge on any atom is 0.162 e. The van der Waals surface area contributed by atoms with Crippen LogP contribution in [0.15, 0.2) is 152 Å². The number of benzene rings is 5. The fraction of sp³-hybridized carbons (Fsp3) is 0.0625. The van der Waals surface area contributed by atoms with E-state index in [1.807, 2.05) is 0 Å². The first kappa shape index (κ1) is 21.2. The summed E-state index contributed by atoms with van der Waals surface area (Å²) in [7, 11) is -2.66. The smallest absolute Gasteiger partial charge is 0.0624 e. The van der Waals surface area contributed by atoms with Gasteiger partial charge in [-0.2, -0.15) is 0 Å². The van der Waals surface area contributed by atoms with E-state index >= 15 is 0 Å². The first-order valence-electron chi connectivity index (χ1n) is 11.6. The third-order valence-electron chi connectivity index (χ3n) is 7.07. The van der Waals surface area contributed by atoms with E-state index in [1.54, 1.807) is 0 Å². The molecule has 5 aromatic rings. The molecule has 0 N–H and O–H groups in total. The van der Waals surface area contributed by atoms with Crippen LogP contribution in [-0.2, 0) is 5.04 Å². The van der Waals surface area contributed by atoms with Crippen LogP contribution in [0, 0.1) is 0 Å². The molecule has 0 radical (unpaired) electrons. The van der Waals surface area contributed by atoms with E-state index in [2.05, 4.69) is 159 Å². The van der Waals surface area contributed by atoms with Crippen LogP contribution in [0.5, 0.6) is 0 Å². The van der Waals surface area contributed by atoms with Gasteiger partial charge in [0.1, 0.15) is 0 Å². The first-order chi connectivity index (χ1) is 16.3. The Kier molecular flexibility index (Phi) is 5.81. The largest absolute Gasteiger partial charge is 0.162 e. The number of hydrogen-bond acceptors (Lipinski definition) is 0. The second-order valence-corrected chi connectivity index (χ2v) is 12.9. The van der Waals surface area contributed by atoms with Gasteiger partial charge in [0.05, 0.1) is 0 Å². The van der Waals surface area contributed by atoms with Gasteiger partial charge in [0, 0.05) is 5.04 Å². The summed E-state index contributed by atoms with van der Waals surface area (Å²) in [4.78, 5) is 0. The van der Waals surface area contributed by atoms with E-state index in [1.165, 1.54) is 26.7 Å². The van der Waals surface area contributed by atoms with Crippen molar-refractivity contribution in [3.8, 4) is 0 Å². The van der Waals surface area contributed by atoms with E-state index in [0.717, 1.165) is 0 Å². The molecule has 0 fully saturated rings. The fourth-order valence-corrected chi connectivity index (χ4v) is 11.6. The van der Waals surface area contributed by atoms with Crippen LogP contribution >= 0.6 is 0 Å². The molecule has 33 heavy (non-hydrogen) atoms. The highest BCUT2D eigenvalue weighted by atomic mass is 28.3. The summed E-state index contributed by atoms with van der Waals surface area (Å²) >= 11 is 0. The van der Waals surface area contributed by atoms with Gasteiger partial charge in [-0.15, -0.1) is 0 Å². The van der Waals surface area contributed by atoms with Crippen molar-refractivity contribution in [2.24, 2.45) is 0 Å². The topological polar surface area (TPSA) is 0 Å². The van der Waals surface area contributed by atoms with Crippen molar-refractivity contribution in [2.45, 2.75) is 12.0 Å². The maximum atomic E-state index is 2.47. The predicted molar refractivity (Wildman–Crippen MR) is 143 cm³/mol. The highest BCUT2D eigenvalue weighted by Crippen LogP contribution is 2.40. The van der Waals surface area contributed by atoms with Crippen molar-refractivity contribution in [1.29, 1.82) is 0 Å². The van der Waals surface area contributed by atoms with Gasteiger partial charge in [-0.05, 0) is 26.7 Å². The minimum Gasteiger partial charge on any atom is -0.0624 e. The first-order valence-corrected chi connectivity index (χ1v) is 13.6. The lowest BCUT2D eigenvalue weighted by molar-refractivity contribution is 0.791. The molecule has 5 aromatic carbocycles. The third-order valence-corrected chi connectivity index (χ3v) is 12.7. The molecule has 0 aliphatic rings. The van der Waals surface area contributed by atoms with Gasteiger partial charge < -0.3 is 0 Å². The molecule has 0 aliphatic heterocycles. The highest BCUT2D eigenvalue weighted by Gasteiger charge is 2.55. The molecule has 0 spiro atoms. The molecule has 0 amide bonds. The van der Waals surface area contributed by atoms with E-state index in [4.69, 9.17) is 0 Å². The number of hydrogen-bond donors (Lipinski definition) is 0. The van der Waals surface area contributed by atoms with E-state index in [0.29, 0.717) is 0 Å². The summed E-state index contributed by atoms with van der Waals surface area (Å²) in [5.74, 6) is 0. The van der Waals surface area contributed by atoms with E-state index in [9.17, 15) is 0 Å². The molecular formula is C32H28Si. The molecule has 1 heteroatoms. The van der Waals surface area contributed by atoms with Gasteiger partial charge in [0.15, 0.2) is 8.07 Å². The third kappa shape index (κ3) is 3.46. The zero-order valence-electron chi connectivity index (χ0n) is 18.9. The Labute approximate surface area is 198 Å². The lowest BCUT2D eigenvalue weighted by Gasteiger charge is -2.49. The Bertz CT molecular complexity index is 1150. The minimum absolute atomic E-state index is 0.250. The van der Waals surface area contributed by atoms with Crippen LogP contribution in [-0.4, -0.2) is 8.07 Å². The Morgan fingerprint density at radius 2 is 0.606 bits per heavy atom. The van der Waals surface area contributed by atoms with Crippen LogP contribution in [0.25, 0.3) is 0 Å². The molecule has 160 valence electrons. The van der Waals surface area contributed by atoms with Gasteiger partial charge in [-0.25, -0.2) is 0 Å². The van der Waals surface area contributed by atoms with E-state index in [-0.39, 0.29) is 5.04 Å². The van der Waals surface area contributed by atoms with Gasteiger partial charge in [-0.1, -0.05) is 159 Å². The molecule has 0 bridgehead atoms.